The van der Waals surface area contributed by atoms with E-state index in [0.29, 0.717) is 23.3 Å². The summed E-state index contributed by atoms with van der Waals surface area (Å²) in [6.07, 6.45) is 11.4. The van der Waals surface area contributed by atoms with E-state index in [4.69, 9.17) is 4.74 Å². The highest BCUT2D eigenvalue weighted by atomic mass is 32.2. The van der Waals surface area contributed by atoms with Crippen molar-refractivity contribution in [2.45, 2.75) is 81.1 Å². The minimum absolute atomic E-state index is 0.00504. The van der Waals surface area contributed by atoms with Crippen LogP contribution < -0.4 is 10.1 Å². The van der Waals surface area contributed by atoms with E-state index in [1.165, 1.54) is 38.8 Å². The Hall–Kier alpha value is -1.24. The second kappa shape index (κ2) is 9.09. The van der Waals surface area contributed by atoms with Gasteiger partial charge in [-0.25, -0.2) is 0 Å². The van der Waals surface area contributed by atoms with Gasteiger partial charge in [0.25, 0.3) is 5.91 Å². The summed E-state index contributed by atoms with van der Waals surface area (Å²) in [6, 6.07) is 7.89. The fourth-order valence-corrected chi connectivity index (χ4v) is 8.40. The molecule has 5 aliphatic carbocycles. The standard InChI is InChI=1S/C27H38N2O3S/c30-26(28-25-21-12-19-13-22(25)17-27(31,15-19)16-21)20-2-1-3-23(14-20)32-11-8-18-6-9-29(10-7-18)33-24-4-5-24/h1-3,14,18-19,21-22,24-25,31H,4-13,15-17H2,(H,28,30). The molecule has 180 valence electrons. The normalized spacial score (nSPS) is 36.2. The van der Waals surface area contributed by atoms with E-state index in [-0.39, 0.29) is 11.9 Å². The molecule has 1 saturated heterocycles. The summed E-state index contributed by atoms with van der Waals surface area (Å²) in [5.74, 6) is 3.06. The number of amides is 1. The fraction of sp³-hybridized carbons (Fsp3) is 0.741. The smallest absolute Gasteiger partial charge is 0.251 e. The van der Waals surface area contributed by atoms with E-state index in [1.54, 1.807) is 0 Å². The highest BCUT2D eigenvalue weighted by Crippen LogP contribution is 2.55. The highest BCUT2D eigenvalue weighted by Gasteiger charge is 2.55. The number of nitrogens with zero attached hydrogens (tertiary/aromatic N) is 1. The maximum absolute atomic E-state index is 13.1. The maximum atomic E-state index is 13.1. The van der Waals surface area contributed by atoms with Gasteiger partial charge in [0, 0.05) is 29.9 Å². The fourth-order valence-electron chi connectivity index (χ4n) is 7.21. The van der Waals surface area contributed by atoms with Crippen LogP contribution in [-0.4, -0.2) is 51.9 Å². The van der Waals surface area contributed by atoms with Crippen molar-refractivity contribution >= 4 is 17.9 Å². The van der Waals surface area contributed by atoms with Gasteiger partial charge in [-0.1, -0.05) is 18.0 Å². The predicted molar refractivity (Wildman–Crippen MR) is 131 cm³/mol. The summed E-state index contributed by atoms with van der Waals surface area (Å²) in [7, 11) is 0. The minimum atomic E-state index is -0.460. The van der Waals surface area contributed by atoms with Gasteiger partial charge in [0.2, 0.25) is 0 Å². The summed E-state index contributed by atoms with van der Waals surface area (Å²) in [5.41, 5.74) is 0.225. The number of aliphatic hydroxyl groups is 1. The van der Waals surface area contributed by atoms with Gasteiger partial charge in [0.15, 0.2) is 0 Å². The van der Waals surface area contributed by atoms with Gasteiger partial charge in [-0.15, -0.1) is 0 Å². The topological polar surface area (TPSA) is 61.8 Å². The average molecular weight is 471 g/mol. The lowest BCUT2D eigenvalue weighted by atomic mass is 9.52. The molecule has 1 aromatic rings. The molecule has 2 atom stereocenters. The monoisotopic (exact) mass is 470 g/mol. The Bertz CT molecular complexity index is 851. The van der Waals surface area contributed by atoms with Crippen molar-refractivity contribution in [1.29, 1.82) is 0 Å². The van der Waals surface area contributed by atoms with Gasteiger partial charge in [-0.05, 0) is 106 Å². The average Bonchev–Trinajstić information content (AvgIpc) is 3.60. The molecule has 0 radical (unpaired) electrons. The van der Waals surface area contributed by atoms with Gasteiger partial charge < -0.3 is 15.2 Å². The Morgan fingerprint density at radius 1 is 1.12 bits per heavy atom. The molecule has 5 nitrogen and oxygen atoms in total. The van der Waals surface area contributed by atoms with Crippen LogP contribution in [0.4, 0.5) is 0 Å². The molecule has 1 heterocycles. The Morgan fingerprint density at radius 3 is 2.58 bits per heavy atom. The second-order valence-corrected chi connectivity index (χ2v) is 12.9. The van der Waals surface area contributed by atoms with Crippen LogP contribution in [0.3, 0.4) is 0 Å². The molecule has 6 fully saturated rings. The van der Waals surface area contributed by atoms with Gasteiger partial charge in [0.1, 0.15) is 5.75 Å². The molecule has 2 N–H and O–H groups in total. The Labute approximate surface area is 202 Å². The molecular formula is C27H38N2O3S. The van der Waals surface area contributed by atoms with E-state index in [9.17, 15) is 9.90 Å². The number of carbonyl (C=O) groups is 1. The molecule has 5 saturated carbocycles. The van der Waals surface area contributed by atoms with Gasteiger partial charge in [0.05, 0.1) is 12.2 Å². The van der Waals surface area contributed by atoms with Crippen LogP contribution in [0.1, 0.15) is 74.6 Å². The number of hydrogen-bond donors (Lipinski definition) is 2. The molecule has 33 heavy (non-hydrogen) atoms. The van der Waals surface area contributed by atoms with Crippen molar-refractivity contribution in [3.8, 4) is 5.75 Å². The van der Waals surface area contributed by atoms with Crippen LogP contribution in [-0.2, 0) is 0 Å². The lowest BCUT2D eigenvalue weighted by Crippen LogP contribution is -2.61. The Balaban J connectivity index is 0.979. The Morgan fingerprint density at radius 2 is 1.88 bits per heavy atom. The summed E-state index contributed by atoms with van der Waals surface area (Å²) >= 11 is 2.08. The number of nitrogens with one attached hydrogen (secondary N) is 1. The number of ether oxygens (including phenoxy) is 1. The first-order chi connectivity index (χ1) is 16.0. The zero-order valence-corrected chi connectivity index (χ0v) is 20.4. The van der Waals surface area contributed by atoms with Crippen LogP contribution in [0.15, 0.2) is 24.3 Å². The van der Waals surface area contributed by atoms with E-state index >= 15 is 0 Å². The first-order valence-electron chi connectivity index (χ1n) is 13.2. The third-order valence-electron chi connectivity index (χ3n) is 8.83. The number of benzene rings is 1. The summed E-state index contributed by atoms with van der Waals surface area (Å²) < 4.78 is 8.64. The van der Waals surface area contributed by atoms with E-state index < -0.39 is 5.60 Å². The van der Waals surface area contributed by atoms with Crippen molar-refractivity contribution in [2.24, 2.45) is 23.7 Å². The van der Waals surface area contributed by atoms with Crippen LogP contribution in [0, 0.1) is 23.7 Å². The number of piperidine rings is 1. The van der Waals surface area contributed by atoms with Crippen molar-refractivity contribution < 1.29 is 14.6 Å². The molecule has 7 rings (SSSR count). The quantitative estimate of drug-likeness (QED) is 0.542. The number of carbonyl (C=O) groups excluding carboxylic acids is 1. The largest absolute Gasteiger partial charge is 0.494 e. The third-order valence-corrected chi connectivity index (χ3v) is 10.3. The SMILES string of the molecule is O=C(NC1C2CC3CC1CC(O)(C3)C2)c1cccc(OCCC2CCN(SC3CC3)CC2)c1. The third kappa shape index (κ3) is 5.08. The van der Waals surface area contributed by atoms with Crippen molar-refractivity contribution in [1.82, 2.24) is 9.62 Å². The molecule has 0 spiro atoms. The van der Waals surface area contributed by atoms with Crippen molar-refractivity contribution in [2.75, 3.05) is 19.7 Å². The zero-order chi connectivity index (χ0) is 22.4. The lowest BCUT2D eigenvalue weighted by molar-refractivity contribution is -0.136. The molecule has 0 aromatic heterocycles. The molecule has 4 bridgehead atoms. The molecule has 1 aromatic carbocycles. The first-order valence-corrected chi connectivity index (χ1v) is 14.0. The zero-order valence-electron chi connectivity index (χ0n) is 19.6. The maximum Gasteiger partial charge on any atom is 0.251 e. The minimum Gasteiger partial charge on any atom is -0.494 e. The summed E-state index contributed by atoms with van der Waals surface area (Å²) in [5, 5.41) is 15.0. The van der Waals surface area contributed by atoms with Crippen LogP contribution in [0.25, 0.3) is 0 Å². The lowest BCUT2D eigenvalue weighted by Gasteiger charge is -2.58. The molecule has 1 aliphatic heterocycles. The predicted octanol–water partition coefficient (Wildman–Crippen LogP) is 4.65. The molecule has 6 heteroatoms. The molecule has 6 aliphatic rings. The summed E-state index contributed by atoms with van der Waals surface area (Å²) in [4.78, 5) is 13.1. The number of rotatable bonds is 8. The highest BCUT2D eigenvalue weighted by molar-refractivity contribution is 7.97. The van der Waals surface area contributed by atoms with Crippen LogP contribution >= 0.6 is 11.9 Å². The van der Waals surface area contributed by atoms with Crippen molar-refractivity contribution in [3.63, 3.8) is 0 Å². The summed E-state index contributed by atoms with van der Waals surface area (Å²) in [6.45, 7) is 3.14. The van der Waals surface area contributed by atoms with Gasteiger partial charge in [-0.3, -0.25) is 9.10 Å². The molecule has 1 amide bonds. The molecular weight excluding hydrogens is 432 g/mol. The van der Waals surface area contributed by atoms with Crippen molar-refractivity contribution in [3.05, 3.63) is 29.8 Å². The van der Waals surface area contributed by atoms with Gasteiger partial charge >= 0.3 is 0 Å². The van der Waals surface area contributed by atoms with Crippen LogP contribution in [0.5, 0.6) is 5.75 Å². The Kier molecular flexibility index (Phi) is 6.12. The van der Waals surface area contributed by atoms with E-state index in [2.05, 4.69) is 21.6 Å². The van der Waals surface area contributed by atoms with Crippen LogP contribution in [0.2, 0.25) is 0 Å². The second-order valence-electron chi connectivity index (χ2n) is 11.5. The number of hydrogen-bond acceptors (Lipinski definition) is 5. The van der Waals surface area contributed by atoms with Gasteiger partial charge in [-0.2, -0.15) is 0 Å². The van der Waals surface area contributed by atoms with E-state index in [1.807, 2.05) is 24.3 Å². The van der Waals surface area contributed by atoms with E-state index in [0.717, 1.165) is 62.0 Å². The first kappa shape index (κ1) is 22.2. The molecule has 2 unspecified atom stereocenters.